The molecule has 3 heterocycles. The first-order valence-electron chi connectivity index (χ1n) is 11.4. The predicted molar refractivity (Wildman–Crippen MR) is 144 cm³/mol. The molecule has 1 aliphatic heterocycles. The Balaban J connectivity index is 1.38. The second-order valence-corrected chi connectivity index (χ2v) is 9.98. The SMILES string of the molecule is Cc1ccc(NC(=O)CN2C(=O)/C(=c3\sc4nc(-c5ccc(Cl)cc5)nn4c3=O)c3ccccc32)cc1. The summed E-state index contributed by atoms with van der Waals surface area (Å²) in [5, 5.41) is 7.77. The molecule has 182 valence electrons. The summed E-state index contributed by atoms with van der Waals surface area (Å²) in [6.45, 7) is 1.77. The monoisotopic (exact) mass is 527 g/mol. The molecule has 1 N–H and O–H groups in total. The number of aromatic nitrogens is 3. The maximum atomic E-state index is 13.6. The third kappa shape index (κ3) is 4.08. The molecule has 0 aliphatic carbocycles. The number of nitrogens with one attached hydrogen (secondary N) is 1. The van der Waals surface area contributed by atoms with Crippen LogP contribution in [0.3, 0.4) is 0 Å². The van der Waals surface area contributed by atoms with Gasteiger partial charge < -0.3 is 5.32 Å². The van der Waals surface area contributed by atoms with Crippen molar-refractivity contribution < 1.29 is 9.59 Å². The molecule has 0 spiro atoms. The topological polar surface area (TPSA) is 96.7 Å². The van der Waals surface area contributed by atoms with Crippen LogP contribution in [-0.4, -0.2) is 33.0 Å². The molecule has 0 fully saturated rings. The summed E-state index contributed by atoms with van der Waals surface area (Å²) in [5.74, 6) is -0.366. The van der Waals surface area contributed by atoms with Crippen molar-refractivity contribution in [3.63, 3.8) is 0 Å². The molecule has 0 bridgehead atoms. The first-order chi connectivity index (χ1) is 17.9. The molecule has 0 atom stereocenters. The number of benzene rings is 3. The highest BCUT2D eigenvalue weighted by Crippen LogP contribution is 2.35. The highest BCUT2D eigenvalue weighted by atomic mass is 35.5. The summed E-state index contributed by atoms with van der Waals surface area (Å²) in [7, 11) is 0. The normalized spacial score (nSPS) is 14.3. The molecule has 0 unspecified atom stereocenters. The number of carbonyl (C=O) groups is 2. The second kappa shape index (κ2) is 8.95. The van der Waals surface area contributed by atoms with Gasteiger partial charge in [-0.3, -0.25) is 19.3 Å². The van der Waals surface area contributed by atoms with E-state index in [2.05, 4.69) is 15.4 Å². The fourth-order valence-corrected chi connectivity index (χ4v) is 5.37. The van der Waals surface area contributed by atoms with Crippen molar-refractivity contribution in [2.24, 2.45) is 0 Å². The molecule has 0 radical (unpaired) electrons. The highest BCUT2D eigenvalue weighted by Gasteiger charge is 2.35. The van der Waals surface area contributed by atoms with Crippen molar-refractivity contribution in [1.29, 1.82) is 0 Å². The van der Waals surface area contributed by atoms with Crippen LogP contribution in [0.2, 0.25) is 5.02 Å². The average molecular weight is 528 g/mol. The number of rotatable bonds is 4. The Morgan fingerprint density at radius 3 is 2.46 bits per heavy atom. The van der Waals surface area contributed by atoms with E-state index in [0.717, 1.165) is 22.5 Å². The number of aryl methyl sites for hydroxylation is 1. The summed E-state index contributed by atoms with van der Waals surface area (Å²) < 4.78 is 1.44. The van der Waals surface area contributed by atoms with Gasteiger partial charge in [-0.2, -0.15) is 9.50 Å². The lowest BCUT2D eigenvalue weighted by atomic mass is 10.1. The average Bonchev–Trinajstić information content (AvgIpc) is 3.52. The fraction of sp³-hybridized carbons (Fsp3) is 0.0741. The lowest BCUT2D eigenvalue weighted by Gasteiger charge is -2.16. The van der Waals surface area contributed by atoms with E-state index < -0.39 is 11.5 Å². The zero-order valence-corrected chi connectivity index (χ0v) is 21.0. The van der Waals surface area contributed by atoms with E-state index in [-0.39, 0.29) is 22.6 Å². The number of halogens is 1. The maximum Gasteiger partial charge on any atom is 0.291 e. The summed E-state index contributed by atoms with van der Waals surface area (Å²) in [6.07, 6.45) is 0. The van der Waals surface area contributed by atoms with Gasteiger partial charge in [0.2, 0.25) is 10.9 Å². The van der Waals surface area contributed by atoms with Gasteiger partial charge in [-0.1, -0.05) is 58.8 Å². The number of nitrogens with zero attached hydrogens (tertiary/aromatic N) is 4. The Bertz CT molecular complexity index is 1810. The number of amides is 2. The largest absolute Gasteiger partial charge is 0.325 e. The summed E-state index contributed by atoms with van der Waals surface area (Å²) in [4.78, 5) is 46.0. The zero-order valence-electron chi connectivity index (χ0n) is 19.4. The van der Waals surface area contributed by atoms with Crippen molar-refractivity contribution in [2.75, 3.05) is 16.8 Å². The van der Waals surface area contributed by atoms with Gasteiger partial charge in [-0.15, -0.1) is 5.10 Å². The molecular weight excluding hydrogens is 510 g/mol. The number of carbonyl (C=O) groups excluding carboxylic acids is 2. The summed E-state index contributed by atoms with van der Waals surface area (Å²) in [6, 6.07) is 21.5. The standard InChI is InChI=1S/C27H18ClN5O3S/c1-15-6-12-18(13-7-15)29-21(34)14-32-20-5-3-2-4-19(20)22(25(32)35)23-26(36)33-27(37-23)30-24(31-33)16-8-10-17(28)11-9-16/h2-13H,14H2,1H3,(H,29,34)/b23-22-. The number of thiazole rings is 1. The van der Waals surface area contributed by atoms with E-state index >= 15 is 0 Å². The van der Waals surface area contributed by atoms with Gasteiger partial charge in [0.15, 0.2) is 5.82 Å². The zero-order chi connectivity index (χ0) is 25.7. The molecule has 6 rings (SSSR count). The Labute approximate surface area is 219 Å². The number of hydrogen-bond donors (Lipinski definition) is 1. The van der Waals surface area contributed by atoms with Crippen molar-refractivity contribution in [3.05, 3.63) is 104 Å². The van der Waals surface area contributed by atoms with Crippen LogP contribution in [0.15, 0.2) is 77.6 Å². The van der Waals surface area contributed by atoms with E-state index in [0.29, 0.717) is 32.7 Å². The van der Waals surface area contributed by atoms with Crippen LogP contribution in [0.1, 0.15) is 11.1 Å². The molecule has 0 saturated heterocycles. The molecule has 2 aromatic heterocycles. The van der Waals surface area contributed by atoms with Crippen LogP contribution in [-0.2, 0) is 9.59 Å². The Kier molecular flexibility index (Phi) is 5.58. The van der Waals surface area contributed by atoms with Crippen molar-refractivity contribution in [1.82, 2.24) is 14.6 Å². The minimum atomic E-state index is -0.433. The van der Waals surface area contributed by atoms with Gasteiger partial charge in [0.1, 0.15) is 11.1 Å². The van der Waals surface area contributed by atoms with Crippen LogP contribution in [0.4, 0.5) is 11.4 Å². The van der Waals surface area contributed by atoms with Gasteiger partial charge in [0, 0.05) is 21.8 Å². The van der Waals surface area contributed by atoms with Crippen LogP contribution in [0, 0.1) is 6.92 Å². The third-order valence-electron chi connectivity index (χ3n) is 6.05. The molecular formula is C27H18ClN5O3S. The number of fused-ring (bicyclic) bond motifs is 2. The molecule has 8 nitrogen and oxygen atoms in total. The molecule has 37 heavy (non-hydrogen) atoms. The molecule has 2 amide bonds. The molecule has 10 heteroatoms. The van der Waals surface area contributed by atoms with Gasteiger partial charge in [-0.25, -0.2) is 0 Å². The van der Waals surface area contributed by atoms with Gasteiger partial charge in [-0.05, 0) is 49.4 Å². The quantitative estimate of drug-likeness (QED) is 0.384. The van der Waals surface area contributed by atoms with Crippen molar-refractivity contribution >= 4 is 56.7 Å². The third-order valence-corrected chi connectivity index (χ3v) is 7.33. The summed E-state index contributed by atoms with van der Waals surface area (Å²) in [5.41, 5.74) is 3.42. The second-order valence-electron chi connectivity index (χ2n) is 8.57. The Morgan fingerprint density at radius 2 is 1.73 bits per heavy atom. The number of para-hydroxylation sites is 1. The van der Waals surface area contributed by atoms with Gasteiger partial charge >= 0.3 is 0 Å². The van der Waals surface area contributed by atoms with E-state index in [9.17, 15) is 14.4 Å². The summed E-state index contributed by atoms with van der Waals surface area (Å²) >= 11 is 7.06. The lowest BCUT2D eigenvalue weighted by molar-refractivity contribution is -0.118. The van der Waals surface area contributed by atoms with Crippen molar-refractivity contribution in [2.45, 2.75) is 6.92 Å². The lowest BCUT2D eigenvalue weighted by Crippen LogP contribution is -2.37. The minimum Gasteiger partial charge on any atom is -0.325 e. The van der Waals surface area contributed by atoms with E-state index in [1.54, 1.807) is 60.7 Å². The van der Waals surface area contributed by atoms with Crippen molar-refractivity contribution in [3.8, 4) is 11.4 Å². The first kappa shape index (κ1) is 23.1. The molecule has 5 aromatic rings. The highest BCUT2D eigenvalue weighted by molar-refractivity contribution is 7.15. The number of anilines is 2. The predicted octanol–water partition coefficient (Wildman–Crippen LogP) is 3.68. The van der Waals surface area contributed by atoms with Crippen LogP contribution < -0.4 is 20.3 Å². The van der Waals surface area contributed by atoms with E-state index in [1.165, 1.54) is 9.42 Å². The maximum absolute atomic E-state index is 13.6. The first-order valence-corrected chi connectivity index (χ1v) is 12.6. The van der Waals surface area contributed by atoms with Crippen LogP contribution in [0.5, 0.6) is 0 Å². The van der Waals surface area contributed by atoms with Crippen LogP contribution in [0.25, 0.3) is 21.9 Å². The van der Waals surface area contributed by atoms with E-state index in [1.807, 2.05) is 19.1 Å². The molecule has 1 aliphatic rings. The number of hydrogen-bond acceptors (Lipinski definition) is 6. The minimum absolute atomic E-state index is 0.192. The van der Waals surface area contributed by atoms with Crippen LogP contribution >= 0.6 is 22.9 Å². The van der Waals surface area contributed by atoms with Gasteiger partial charge in [0.05, 0.1) is 11.3 Å². The fourth-order valence-electron chi connectivity index (χ4n) is 4.24. The Morgan fingerprint density at radius 1 is 1.00 bits per heavy atom. The van der Waals surface area contributed by atoms with Gasteiger partial charge in [0.25, 0.3) is 11.5 Å². The smallest absolute Gasteiger partial charge is 0.291 e. The molecule has 3 aromatic carbocycles. The Hall–Kier alpha value is -4.34. The van der Waals surface area contributed by atoms with E-state index in [4.69, 9.17) is 11.6 Å². The molecule has 0 saturated carbocycles.